The zero-order valence-electron chi connectivity index (χ0n) is 11.7. The number of amides is 2. The summed E-state index contributed by atoms with van der Waals surface area (Å²) in [7, 11) is 1.56. The van der Waals surface area contributed by atoms with E-state index < -0.39 is 0 Å². The maximum atomic E-state index is 11.8. The number of hydrogen-bond donors (Lipinski definition) is 2. The predicted octanol–water partition coefficient (Wildman–Crippen LogP) is 2.41. The van der Waals surface area contributed by atoms with E-state index in [9.17, 15) is 9.59 Å². The molecule has 118 valence electrons. The highest BCUT2D eigenvalue weighted by Gasteiger charge is 2.18. The monoisotopic (exact) mass is 353 g/mol. The highest BCUT2D eigenvalue weighted by atomic mass is 35.5. The van der Waals surface area contributed by atoms with Crippen molar-refractivity contribution in [3.05, 3.63) is 28.2 Å². The number of halogens is 3. The predicted molar refractivity (Wildman–Crippen MR) is 88.2 cm³/mol. The van der Waals surface area contributed by atoms with Crippen molar-refractivity contribution in [1.29, 1.82) is 0 Å². The van der Waals surface area contributed by atoms with Gasteiger partial charge in [0.15, 0.2) is 0 Å². The Morgan fingerprint density at radius 3 is 2.48 bits per heavy atom. The summed E-state index contributed by atoms with van der Waals surface area (Å²) >= 11 is 11.6. The molecule has 21 heavy (non-hydrogen) atoms. The Morgan fingerprint density at radius 2 is 1.95 bits per heavy atom. The molecule has 0 spiro atoms. The maximum absolute atomic E-state index is 11.8. The van der Waals surface area contributed by atoms with E-state index in [-0.39, 0.29) is 43.2 Å². The number of nitrogens with two attached hydrogens (primary N) is 1. The smallest absolute Gasteiger partial charge is 0.243 e. The summed E-state index contributed by atoms with van der Waals surface area (Å²) in [4.78, 5) is 24.9. The van der Waals surface area contributed by atoms with Crippen LogP contribution in [0.15, 0.2) is 18.2 Å². The molecule has 1 atom stereocenters. The second-order valence-electron chi connectivity index (χ2n) is 4.51. The molecule has 2 amide bonds. The first kappa shape index (κ1) is 20.0. The maximum Gasteiger partial charge on any atom is 0.243 e. The molecule has 0 aliphatic rings. The van der Waals surface area contributed by atoms with Crippen molar-refractivity contribution in [2.24, 2.45) is 11.7 Å². The third kappa shape index (κ3) is 6.09. The molecular formula is C13H18Cl3N3O2. The Balaban J connectivity index is 0.00000400. The zero-order chi connectivity index (χ0) is 15.3. The zero-order valence-corrected chi connectivity index (χ0v) is 14.1. The summed E-state index contributed by atoms with van der Waals surface area (Å²) in [6.07, 6.45) is 0. The molecule has 1 unspecified atom stereocenters. The number of carbonyl (C=O) groups is 2. The number of carbonyl (C=O) groups excluding carboxylic acids is 2. The normalized spacial score (nSPS) is 11.3. The van der Waals surface area contributed by atoms with Crippen LogP contribution >= 0.6 is 35.6 Å². The number of rotatable bonds is 5. The second-order valence-corrected chi connectivity index (χ2v) is 5.32. The van der Waals surface area contributed by atoms with Gasteiger partial charge in [-0.15, -0.1) is 12.4 Å². The minimum Gasteiger partial charge on any atom is -0.336 e. The van der Waals surface area contributed by atoms with Crippen molar-refractivity contribution >= 4 is 53.1 Å². The molecule has 0 bridgehead atoms. The van der Waals surface area contributed by atoms with Crippen LogP contribution in [0.2, 0.25) is 10.0 Å². The van der Waals surface area contributed by atoms with Gasteiger partial charge in [-0.3, -0.25) is 9.59 Å². The van der Waals surface area contributed by atoms with Crippen molar-refractivity contribution < 1.29 is 9.59 Å². The average molecular weight is 355 g/mol. The lowest BCUT2D eigenvalue weighted by molar-refractivity contribution is -0.136. The van der Waals surface area contributed by atoms with Crippen molar-refractivity contribution in [3.63, 3.8) is 0 Å². The van der Waals surface area contributed by atoms with Crippen LogP contribution in [0.3, 0.4) is 0 Å². The van der Waals surface area contributed by atoms with E-state index in [1.807, 2.05) is 0 Å². The fourth-order valence-electron chi connectivity index (χ4n) is 1.54. The second kappa shape index (κ2) is 9.10. The SMILES string of the molecule is CC(CN)C(=O)N(C)CC(=O)Nc1ccc(Cl)c(Cl)c1.Cl. The average Bonchev–Trinajstić information content (AvgIpc) is 2.40. The molecule has 0 aliphatic heterocycles. The summed E-state index contributed by atoms with van der Waals surface area (Å²) in [6, 6.07) is 4.77. The molecule has 0 saturated carbocycles. The van der Waals surface area contributed by atoms with Crippen LogP contribution in [0.1, 0.15) is 6.92 Å². The summed E-state index contributed by atoms with van der Waals surface area (Å²) < 4.78 is 0. The van der Waals surface area contributed by atoms with Gasteiger partial charge in [-0.25, -0.2) is 0 Å². The molecule has 3 N–H and O–H groups in total. The van der Waals surface area contributed by atoms with Crippen molar-refractivity contribution in [1.82, 2.24) is 4.90 Å². The number of hydrogen-bond acceptors (Lipinski definition) is 3. The van der Waals surface area contributed by atoms with Crippen LogP contribution < -0.4 is 11.1 Å². The van der Waals surface area contributed by atoms with Crippen molar-refractivity contribution in [2.45, 2.75) is 6.92 Å². The van der Waals surface area contributed by atoms with Crippen LogP contribution in [0.5, 0.6) is 0 Å². The van der Waals surface area contributed by atoms with Gasteiger partial charge < -0.3 is 16.0 Å². The number of benzene rings is 1. The highest BCUT2D eigenvalue weighted by Crippen LogP contribution is 2.24. The molecule has 0 radical (unpaired) electrons. The van der Waals surface area contributed by atoms with E-state index in [1.54, 1.807) is 32.2 Å². The molecule has 5 nitrogen and oxygen atoms in total. The van der Waals surface area contributed by atoms with Crippen LogP contribution in [0.25, 0.3) is 0 Å². The Hall–Kier alpha value is -1.01. The third-order valence-corrected chi connectivity index (χ3v) is 3.47. The first-order chi connectivity index (χ1) is 9.35. The van der Waals surface area contributed by atoms with Gasteiger partial charge in [0.2, 0.25) is 11.8 Å². The highest BCUT2D eigenvalue weighted by molar-refractivity contribution is 6.42. The van der Waals surface area contributed by atoms with E-state index in [0.717, 1.165) is 0 Å². The van der Waals surface area contributed by atoms with E-state index in [2.05, 4.69) is 5.32 Å². The van der Waals surface area contributed by atoms with Crippen molar-refractivity contribution in [3.8, 4) is 0 Å². The van der Waals surface area contributed by atoms with Gasteiger partial charge in [-0.05, 0) is 18.2 Å². The van der Waals surface area contributed by atoms with E-state index >= 15 is 0 Å². The molecule has 1 aromatic rings. The fraction of sp³-hybridized carbons (Fsp3) is 0.385. The van der Waals surface area contributed by atoms with Gasteiger partial charge in [0.25, 0.3) is 0 Å². The molecule has 0 fully saturated rings. The lowest BCUT2D eigenvalue weighted by Gasteiger charge is -2.20. The Bertz CT molecular complexity index is 511. The Labute approximate surface area is 140 Å². The number of anilines is 1. The topological polar surface area (TPSA) is 75.4 Å². The fourth-order valence-corrected chi connectivity index (χ4v) is 1.84. The first-order valence-electron chi connectivity index (χ1n) is 6.05. The third-order valence-electron chi connectivity index (χ3n) is 2.74. The number of nitrogens with one attached hydrogen (secondary N) is 1. The largest absolute Gasteiger partial charge is 0.336 e. The van der Waals surface area contributed by atoms with Gasteiger partial charge in [0, 0.05) is 25.2 Å². The standard InChI is InChI=1S/C13H17Cl2N3O2.ClH/c1-8(6-16)13(20)18(2)7-12(19)17-9-3-4-10(14)11(15)5-9;/h3-5,8H,6-7,16H2,1-2H3,(H,17,19);1H. The quantitative estimate of drug-likeness (QED) is 0.852. The minimum absolute atomic E-state index is 0. The molecule has 0 saturated heterocycles. The summed E-state index contributed by atoms with van der Waals surface area (Å²) in [5, 5.41) is 3.41. The Morgan fingerprint density at radius 1 is 1.33 bits per heavy atom. The summed E-state index contributed by atoms with van der Waals surface area (Å²) in [6.45, 7) is 1.91. The number of likely N-dealkylation sites (N-methyl/N-ethyl adjacent to an activating group) is 1. The number of nitrogens with zero attached hydrogens (tertiary/aromatic N) is 1. The van der Waals surface area contributed by atoms with E-state index in [4.69, 9.17) is 28.9 Å². The van der Waals surface area contributed by atoms with Gasteiger partial charge in [-0.2, -0.15) is 0 Å². The van der Waals surface area contributed by atoms with Crippen LogP contribution in [0, 0.1) is 5.92 Å². The minimum atomic E-state index is -0.316. The van der Waals surface area contributed by atoms with Gasteiger partial charge >= 0.3 is 0 Å². The molecule has 1 aromatic carbocycles. The van der Waals surface area contributed by atoms with E-state index in [0.29, 0.717) is 15.7 Å². The molecule has 1 rings (SSSR count). The lowest BCUT2D eigenvalue weighted by atomic mass is 10.1. The molecule has 8 heteroatoms. The molecule has 0 heterocycles. The first-order valence-corrected chi connectivity index (χ1v) is 6.80. The lowest BCUT2D eigenvalue weighted by Crippen LogP contribution is -2.39. The summed E-state index contributed by atoms with van der Waals surface area (Å²) in [5.41, 5.74) is 5.95. The molecule has 0 aromatic heterocycles. The summed E-state index contributed by atoms with van der Waals surface area (Å²) in [5.74, 6) is -0.793. The molecule has 0 aliphatic carbocycles. The van der Waals surface area contributed by atoms with Crippen LogP contribution in [0.4, 0.5) is 5.69 Å². The van der Waals surface area contributed by atoms with E-state index in [1.165, 1.54) is 4.90 Å². The van der Waals surface area contributed by atoms with Crippen LogP contribution in [-0.4, -0.2) is 36.9 Å². The molecular weight excluding hydrogens is 337 g/mol. The van der Waals surface area contributed by atoms with Gasteiger partial charge in [0.1, 0.15) is 0 Å². The van der Waals surface area contributed by atoms with Crippen molar-refractivity contribution in [2.75, 3.05) is 25.5 Å². The Kier molecular flexibility index (Phi) is 8.66. The van der Waals surface area contributed by atoms with Gasteiger partial charge in [0.05, 0.1) is 16.6 Å². The van der Waals surface area contributed by atoms with Gasteiger partial charge in [-0.1, -0.05) is 30.1 Å². The van der Waals surface area contributed by atoms with Crippen LogP contribution in [-0.2, 0) is 9.59 Å².